The Hall–Kier alpha value is -0.380. The Morgan fingerprint density at radius 1 is 1.38 bits per heavy atom. The molecule has 0 amide bonds. The van der Waals surface area contributed by atoms with Crippen molar-refractivity contribution in [3.8, 4) is 0 Å². The van der Waals surface area contributed by atoms with E-state index >= 15 is 0 Å². The van der Waals surface area contributed by atoms with Gasteiger partial charge in [0, 0.05) is 15.8 Å². The predicted molar refractivity (Wildman–Crippen MR) is 64.9 cm³/mol. The number of hydrogen-bond acceptors (Lipinski definition) is 3. The maximum absolute atomic E-state index is 6.21. The molecule has 2 aliphatic carbocycles. The molecule has 3 heteroatoms. The molecule has 1 aliphatic heterocycles. The minimum absolute atomic E-state index is 0.260. The second kappa shape index (κ2) is 2.89. The fourth-order valence-corrected chi connectivity index (χ4v) is 4.29. The van der Waals surface area contributed by atoms with Gasteiger partial charge in [-0.3, -0.25) is 0 Å². The number of likely N-dealkylation sites (N-methyl/N-ethyl adjacent to an activating group) is 1. The van der Waals surface area contributed by atoms with Crippen molar-refractivity contribution in [1.29, 1.82) is 0 Å². The zero-order chi connectivity index (χ0) is 10.8. The summed E-state index contributed by atoms with van der Waals surface area (Å²) in [6, 6.07) is 2.34. The molecule has 1 spiro atoms. The summed E-state index contributed by atoms with van der Waals surface area (Å²) in [4.78, 5) is 1.51. The molecule has 1 unspecified atom stereocenters. The molecule has 2 nitrogen and oxygen atoms in total. The van der Waals surface area contributed by atoms with Crippen LogP contribution in [0.2, 0.25) is 0 Å². The molecule has 0 radical (unpaired) electrons. The first kappa shape index (κ1) is 9.63. The lowest BCUT2D eigenvalue weighted by atomic mass is 9.90. The third kappa shape index (κ3) is 1.09. The molecular weight excluding hydrogens is 218 g/mol. The number of hydrogen-bond donors (Lipinski definition) is 1. The summed E-state index contributed by atoms with van der Waals surface area (Å²) in [5.74, 6) is 0. The number of nitrogens with one attached hydrogen (secondary N) is 1. The summed E-state index contributed by atoms with van der Waals surface area (Å²) in [6.07, 6.45) is 5.50. The fraction of sp³-hybridized carbons (Fsp3) is 0.692. The molecule has 0 aromatic carbocycles. The van der Waals surface area contributed by atoms with Crippen LogP contribution in [0, 0.1) is 0 Å². The van der Waals surface area contributed by atoms with Crippen molar-refractivity contribution in [3.05, 3.63) is 21.9 Å². The number of rotatable bonds is 2. The Kier molecular flexibility index (Phi) is 1.74. The minimum atomic E-state index is 0.260. The van der Waals surface area contributed by atoms with E-state index < -0.39 is 0 Å². The van der Waals surface area contributed by atoms with Crippen molar-refractivity contribution < 1.29 is 4.74 Å². The first-order valence-corrected chi connectivity index (χ1v) is 7.06. The second-order valence-corrected chi connectivity index (χ2v) is 6.52. The molecule has 1 aromatic rings. The summed E-state index contributed by atoms with van der Waals surface area (Å²) in [5.41, 5.74) is 2.29. The molecule has 1 aromatic heterocycles. The molecule has 2 heterocycles. The Bertz CT molecular complexity index is 431. The van der Waals surface area contributed by atoms with E-state index in [-0.39, 0.29) is 5.54 Å². The van der Waals surface area contributed by atoms with Crippen LogP contribution >= 0.6 is 11.3 Å². The summed E-state index contributed by atoms with van der Waals surface area (Å²) in [7, 11) is 2.07. The highest BCUT2D eigenvalue weighted by Crippen LogP contribution is 2.60. The summed E-state index contributed by atoms with van der Waals surface area (Å²) in [5, 5.41) is 5.73. The molecule has 4 rings (SSSR count). The van der Waals surface area contributed by atoms with Gasteiger partial charge in [0.15, 0.2) is 0 Å². The lowest BCUT2D eigenvalue weighted by Gasteiger charge is -2.34. The zero-order valence-electron chi connectivity index (χ0n) is 9.58. The van der Waals surface area contributed by atoms with Gasteiger partial charge in [-0.1, -0.05) is 0 Å². The van der Waals surface area contributed by atoms with Crippen LogP contribution in [0.15, 0.2) is 11.4 Å². The van der Waals surface area contributed by atoms with Gasteiger partial charge in [0.1, 0.15) is 6.10 Å². The van der Waals surface area contributed by atoms with Crippen molar-refractivity contribution in [2.75, 3.05) is 13.7 Å². The van der Waals surface area contributed by atoms with Crippen LogP contribution in [0.5, 0.6) is 0 Å². The van der Waals surface area contributed by atoms with Gasteiger partial charge in [-0.15, -0.1) is 11.3 Å². The van der Waals surface area contributed by atoms with E-state index in [0.29, 0.717) is 11.5 Å². The van der Waals surface area contributed by atoms with Crippen LogP contribution < -0.4 is 5.32 Å². The van der Waals surface area contributed by atoms with Gasteiger partial charge >= 0.3 is 0 Å². The molecule has 1 atom stereocenters. The maximum Gasteiger partial charge on any atom is 0.110 e. The van der Waals surface area contributed by atoms with E-state index in [0.717, 1.165) is 6.61 Å². The number of thiophene rings is 1. The summed E-state index contributed by atoms with van der Waals surface area (Å²) in [6.45, 7) is 0.949. The Morgan fingerprint density at radius 3 is 2.81 bits per heavy atom. The fourth-order valence-electron chi connectivity index (χ4n) is 3.11. The standard InChI is InChI=1S/C13H17NOS/c1-14-13(5-6-13)11-10-9(2-7-16-10)12(3-4-12)8-15-11/h2,7,11,14H,3-6,8H2,1H3. The van der Waals surface area contributed by atoms with E-state index in [9.17, 15) is 0 Å². The monoisotopic (exact) mass is 235 g/mol. The van der Waals surface area contributed by atoms with Crippen LogP contribution in [0.1, 0.15) is 42.2 Å². The highest BCUT2D eigenvalue weighted by atomic mass is 32.1. The van der Waals surface area contributed by atoms with Crippen molar-refractivity contribution in [1.82, 2.24) is 5.32 Å². The van der Waals surface area contributed by atoms with Crippen LogP contribution in [-0.2, 0) is 10.2 Å². The second-order valence-electron chi connectivity index (χ2n) is 5.58. The van der Waals surface area contributed by atoms with Crippen LogP contribution in [-0.4, -0.2) is 19.2 Å². The number of fused-ring (bicyclic) bond motifs is 2. The van der Waals surface area contributed by atoms with E-state index in [1.54, 1.807) is 5.56 Å². The third-order valence-corrected chi connectivity index (χ3v) is 5.63. The van der Waals surface area contributed by atoms with Gasteiger partial charge in [-0.05, 0) is 49.7 Å². The maximum atomic E-state index is 6.21. The minimum Gasteiger partial charge on any atom is -0.370 e. The Balaban J connectivity index is 1.77. The van der Waals surface area contributed by atoms with Crippen molar-refractivity contribution >= 4 is 11.3 Å². The van der Waals surface area contributed by atoms with Crippen molar-refractivity contribution in [2.45, 2.75) is 42.7 Å². The highest BCUT2D eigenvalue weighted by Gasteiger charge is 2.57. The van der Waals surface area contributed by atoms with Crippen LogP contribution in [0.4, 0.5) is 0 Å². The molecule has 16 heavy (non-hydrogen) atoms. The molecule has 86 valence electrons. The van der Waals surface area contributed by atoms with E-state index in [4.69, 9.17) is 4.74 Å². The topological polar surface area (TPSA) is 21.3 Å². The molecule has 2 saturated carbocycles. The number of ether oxygens (including phenoxy) is 1. The average molecular weight is 235 g/mol. The highest BCUT2D eigenvalue weighted by molar-refractivity contribution is 7.10. The lowest BCUT2D eigenvalue weighted by Crippen LogP contribution is -2.40. The van der Waals surface area contributed by atoms with Gasteiger partial charge in [-0.2, -0.15) is 0 Å². The quantitative estimate of drug-likeness (QED) is 0.851. The molecule has 2 fully saturated rings. The van der Waals surface area contributed by atoms with Gasteiger partial charge in [0.05, 0.1) is 6.61 Å². The largest absolute Gasteiger partial charge is 0.370 e. The predicted octanol–water partition coefficient (Wildman–Crippen LogP) is 2.60. The smallest absolute Gasteiger partial charge is 0.110 e. The Labute approximate surface area is 100 Å². The first-order chi connectivity index (χ1) is 7.80. The van der Waals surface area contributed by atoms with Gasteiger partial charge in [0.2, 0.25) is 0 Å². The Morgan fingerprint density at radius 2 is 2.19 bits per heavy atom. The first-order valence-electron chi connectivity index (χ1n) is 6.18. The van der Waals surface area contributed by atoms with E-state index in [2.05, 4.69) is 23.8 Å². The molecular formula is C13H17NOS. The van der Waals surface area contributed by atoms with Crippen molar-refractivity contribution in [2.24, 2.45) is 0 Å². The van der Waals surface area contributed by atoms with E-state index in [1.165, 1.54) is 30.6 Å². The SMILES string of the molecule is CNC1(C2OCC3(CC3)c3ccsc32)CC1. The van der Waals surface area contributed by atoms with Crippen LogP contribution in [0.3, 0.4) is 0 Å². The van der Waals surface area contributed by atoms with Gasteiger partial charge in [-0.25, -0.2) is 0 Å². The van der Waals surface area contributed by atoms with Crippen molar-refractivity contribution in [3.63, 3.8) is 0 Å². The molecule has 3 aliphatic rings. The zero-order valence-corrected chi connectivity index (χ0v) is 10.4. The molecule has 1 N–H and O–H groups in total. The van der Waals surface area contributed by atoms with Gasteiger partial charge < -0.3 is 10.1 Å². The normalized spacial score (nSPS) is 32.4. The molecule has 0 saturated heterocycles. The molecule has 0 bridgehead atoms. The van der Waals surface area contributed by atoms with Crippen LogP contribution in [0.25, 0.3) is 0 Å². The van der Waals surface area contributed by atoms with E-state index in [1.807, 2.05) is 11.3 Å². The summed E-state index contributed by atoms with van der Waals surface area (Å²) < 4.78 is 6.21. The summed E-state index contributed by atoms with van der Waals surface area (Å²) >= 11 is 1.89. The third-order valence-electron chi connectivity index (χ3n) is 4.67. The van der Waals surface area contributed by atoms with Gasteiger partial charge in [0.25, 0.3) is 0 Å². The average Bonchev–Trinajstić information content (AvgIpc) is 3.21. The lowest BCUT2D eigenvalue weighted by molar-refractivity contribution is -0.00532.